The molecular weight excluding hydrogens is 236 g/mol. The van der Waals surface area contributed by atoms with E-state index in [0.29, 0.717) is 12.2 Å². The molecule has 2 aliphatic heterocycles. The van der Waals surface area contributed by atoms with Gasteiger partial charge >= 0.3 is 0 Å². The van der Waals surface area contributed by atoms with Crippen LogP contribution in [0, 0.1) is 17.8 Å². The molecule has 19 heavy (non-hydrogen) atoms. The molecule has 6 atom stereocenters. The Morgan fingerprint density at radius 1 is 0.895 bits per heavy atom. The van der Waals surface area contributed by atoms with Crippen LogP contribution in [0.3, 0.4) is 0 Å². The third-order valence-corrected chi connectivity index (χ3v) is 6.69. The van der Waals surface area contributed by atoms with Crippen LogP contribution in [0.25, 0.3) is 0 Å². The molecule has 2 heterocycles. The van der Waals surface area contributed by atoms with E-state index in [1.54, 1.807) is 0 Å². The van der Waals surface area contributed by atoms with Crippen molar-refractivity contribution in [2.45, 2.75) is 89.1 Å². The van der Waals surface area contributed by atoms with Crippen molar-refractivity contribution < 1.29 is 9.47 Å². The maximum atomic E-state index is 5.90. The van der Waals surface area contributed by atoms with Crippen LogP contribution in [-0.4, -0.2) is 23.4 Å². The van der Waals surface area contributed by atoms with Crippen LogP contribution in [0.1, 0.15) is 65.7 Å². The van der Waals surface area contributed by atoms with E-state index >= 15 is 0 Å². The molecule has 2 heteroatoms. The predicted molar refractivity (Wildman–Crippen MR) is 75.0 cm³/mol. The fourth-order valence-electron chi connectivity index (χ4n) is 5.43. The summed E-state index contributed by atoms with van der Waals surface area (Å²) in [6, 6.07) is 0. The molecule has 0 spiro atoms. The Bertz CT molecular complexity index is 347. The molecule has 0 aromatic rings. The molecule has 0 radical (unpaired) electrons. The summed E-state index contributed by atoms with van der Waals surface area (Å²) < 4.78 is 11.8. The van der Waals surface area contributed by atoms with Gasteiger partial charge in [0.15, 0.2) is 0 Å². The minimum atomic E-state index is 0.257. The topological polar surface area (TPSA) is 25.1 Å². The highest BCUT2D eigenvalue weighted by Gasteiger charge is 2.59. The Morgan fingerprint density at radius 2 is 1.37 bits per heavy atom. The summed E-state index contributed by atoms with van der Waals surface area (Å²) in [5.74, 6) is 2.71. The highest BCUT2D eigenvalue weighted by molar-refractivity contribution is 5.08. The van der Waals surface area contributed by atoms with E-state index in [-0.39, 0.29) is 11.2 Å². The Labute approximate surface area is 117 Å². The SMILES string of the molecule is CCC(C1CCC2OC2(C)C1)C1CCC2OC2(C)C1. The average Bonchev–Trinajstić information content (AvgIpc) is 3.22. The maximum Gasteiger partial charge on any atom is 0.0923 e. The molecule has 2 saturated carbocycles. The molecule has 0 aromatic heterocycles. The lowest BCUT2D eigenvalue weighted by molar-refractivity contribution is 0.122. The van der Waals surface area contributed by atoms with Gasteiger partial charge in [-0.25, -0.2) is 0 Å². The quantitative estimate of drug-likeness (QED) is 0.722. The Balaban J connectivity index is 1.45. The van der Waals surface area contributed by atoms with Crippen molar-refractivity contribution in [3.63, 3.8) is 0 Å². The van der Waals surface area contributed by atoms with Gasteiger partial charge in [0.1, 0.15) is 0 Å². The first-order valence-electron chi connectivity index (χ1n) is 8.40. The fourth-order valence-corrected chi connectivity index (χ4v) is 5.43. The second-order valence-electron chi connectivity index (χ2n) is 7.99. The minimum Gasteiger partial charge on any atom is -0.366 e. The third kappa shape index (κ3) is 1.98. The lowest BCUT2D eigenvalue weighted by atomic mass is 9.65. The van der Waals surface area contributed by atoms with Crippen LogP contribution in [0.2, 0.25) is 0 Å². The number of hydrogen-bond acceptors (Lipinski definition) is 2. The predicted octanol–water partition coefficient (Wildman–Crippen LogP) is 3.93. The summed E-state index contributed by atoms with van der Waals surface area (Å²) in [6.07, 6.45) is 10.6. The molecule has 2 nitrogen and oxygen atoms in total. The standard InChI is InChI=1S/C17H28O2/c1-4-13(11-5-7-14-16(2,9-11)18-14)12-6-8-15-17(3,10-12)19-15/h11-15H,4-10H2,1-3H3. The summed E-state index contributed by atoms with van der Waals surface area (Å²) >= 11 is 0. The summed E-state index contributed by atoms with van der Waals surface area (Å²) in [7, 11) is 0. The molecule has 2 saturated heterocycles. The molecule has 0 aromatic carbocycles. The summed E-state index contributed by atoms with van der Waals surface area (Å²) in [4.78, 5) is 0. The zero-order valence-corrected chi connectivity index (χ0v) is 12.7. The first-order valence-corrected chi connectivity index (χ1v) is 8.40. The highest BCUT2D eigenvalue weighted by Crippen LogP contribution is 2.56. The maximum absolute atomic E-state index is 5.90. The lowest BCUT2D eigenvalue weighted by Gasteiger charge is -2.38. The fraction of sp³-hybridized carbons (Fsp3) is 1.00. The number of ether oxygens (including phenoxy) is 2. The first-order chi connectivity index (χ1) is 9.04. The van der Waals surface area contributed by atoms with Crippen LogP contribution in [0.15, 0.2) is 0 Å². The van der Waals surface area contributed by atoms with Gasteiger partial charge in [0.25, 0.3) is 0 Å². The van der Waals surface area contributed by atoms with Gasteiger partial charge in [0, 0.05) is 0 Å². The summed E-state index contributed by atoms with van der Waals surface area (Å²) in [5.41, 5.74) is 0.515. The summed E-state index contributed by atoms with van der Waals surface area (Å²) in [6.45, 7) is 7.06. The van der Waals surface area contributed by atoms with E-state index in [1.165, 1.54) is 44.9 Å². The summed E-state index contributed by atoms with van der Waals surface area (Å²) in [5, 5.41) is 0. The van der Waals surface area contributed by atoms with Gasteiger partial charge in [-0.1, -0.05) is 13.3 Å². The normalized spacial score (nSPS) is 57.0. The van der Waals surface area contributed by atoms with Crippen LogP contribution < -0.4 is 0 Å². The van der Waals surface area contributed by atoms with E-state index < -0.39 is 0 Å². The molecule has 4 fully saturated rings. The van der Waals surface area contributed by atoms with E-state index in [2.05, 4.69) is 20.8 Å². The lowest BCUT2D eigenvalue weighted by Crippen LogP contribution is -2.35. The third-order valence-electron chi connectivity index (χ3n) is 6.69. The van der Waals surface area contributed by atoms with Crippen molar-refractivity contribution in [3.05, 3.63) is 0 Å². The zero-order valence-electron chi connectivity index (χ0n) is 12.7. The van der Waals surface area contributed by atoms with Crippen molar-refractivity contribution in [1.29, 1.82) is 0 Å². The van der Waals surface area contributed by atoms with Crippen molar-refractivity contribution >= 4 is 0 Å². The first kappa shape index (κ1) is 12.6. The Kier molecular flexibility index (Phi) is 2.65. The van der Waals surface area contributed by atoms with Gasteiger partial charge in [-0.05, 0) is 70.1 Å². The second kappa shape index (κ2) is 3.98. The van der Waals surface area contributed by atoms with Gasteiger partial charge in [0.2, 0.25) is 0 Å². The molecule has 0 N–H and O–H groups in total. The van der Waals surface area contributed by atoms with Gasteiger partial charge in [-0.2, -0.15) is 0 Å². The van der Waals surface area contributed by atoms with Crippen molar-refractivity contribution in [2.75, 3.05) is 0 Å². The Morgan fingerprint density at radius 3 is 1.74 bits per heavy atom. The molecule has 108 valence electrons. The van der Waals surface area contributed by atoms with Crippen molar-refractivity contribution in [3.8, 4) is 0 Å². The van der Waals surface area contributed by atoms with Gasteiger partial charge < -0.3 is 9.47 Å². The van der Waals surface area contributed by atoms with Crippen LogP contribution in [-0.2, 0) is 9.47 Å². The molecule has 6 unspecified atom stereocenters. The van der Waals surface area contributed by atoms with E-state index in [4.69, 9.17) is 9.47 Å². The molecule has 2 aliphatic carbocycles. The zero-order chi connectivity index (χ0) is 13.3. The van der Waals surface area contributed by atoms with Crippen LogP contribution >= 0.6 is 0 Å². The Hall–Kier alpha value is -0.0800. The van der Waals surface area contributed by atoms with Gasteiger partial charge in [-0.3, -0.25) is 0 Å². The number of hydrogen-bond donors (Lipinski definition) is 0. The van der Waals surface area contributed by atoms with Gasteiger partial charge in [0.05, 0.1) is 23.4 Å². The molecule has 4 rings (SSSR count). The smallest absolute Gasteiger partial charge is 0.0923 e. The second-order valence-corrected chi connectivity index (χ2v) is 7.99. The van der Waals surface area contributed by atoms with Gasteiger partial charge in [-0.15, -0.1) is 0 Å². The number of rotatable bonds is 3. The number of epoxide rings is 2. The van der Waals surface area contributed by atoms with E-state index in [9.17, 15) is 0 Å². The highest BCUT2D eigenvalue weighted by atomic mass is 16.6. The number of fused-ring (bicyclic) bond motifs is 2. The van der Waals surface area contributed by atoms with Crippen molar-refractivity contribution in [1.82, 2.24) is 0 Å². The van der Waals surface area contributed by atoms with E-state index in [0.717, 1.165) is 17.8 Å². The molecular formula is C17H28O2. The molecule has 0 bridgehead atoms. The molecule has 0 amide bonds. The molecule has 4 aliphatic rings. The van der Waals surface area contributed by atoms with Crippen LogP contribution in [0.4, 0.5) is 0 Å². The van der Waals surface area contributed by atoms with Crippen LogP contribution in [0.5, 0.6) is 0 Å². The largest absolute Gasteiger partial charge is 0.366 e. The van der Waals surface area contributed by atoms with Crippen molar-refractivity contribution in [2.24, 2.45) is 17.8 Å². The monoisotopic (exact) mass is 264 g/mol. The minimum absolute atomic E-state index is 0.257. The van der Waals surface area contributed by atoms with E-state index in [1.807, 2.05) is 0 Å². The average molecular weight is 264 g/mol.